The molecule has 1 aliphatic heterocycles. The maximum absolute atomic E-state index is 9.01. The first-order chi connectivity index (χ1) is 7.36. The smallest absolute Gasteiger partial charge is 0.0446 e. The van der Waals surface area contributed by atoms with Crippen LogP contribution in [0.25, 0.3) is 0 Å². The predicted molar refractivity (Wildman–Crippen MR) is 64.1 cm³/mol. The summed E-state index contributed by atoms with van der Waals surface area (Å²) in [7, 11) is 0. The molecule has 0 bridgehead atoms. The highest BCUT2D eigenvalue weighted by Gasteiger charge is 2.15. The van der Waals surface area contributed by atoms with Gasteiger partial charge in [-0.1, -0.05) is 13.3 Å². The van der Waals surface area contributed by atoms with Crippen LogP contribution in [0.1, 0.15) is 39.0 Å². The molecule has 90 valence electrons. The number of hydrogen-bond acceptors (Lipinski definition) is 3. The summed E-state index contributed by atoms with van der Waals surface area (Å²) in [5.74, 6) is 0. The number of likely N-dealkylation sites (tertiary alicyclic amines) is 1. The topological polar surface area (TPSA) is 35.5 Å². The van der Waals surface area contributed by atoms with E-state index in [4.69, 9.17) is 5.11 Å². The van der Waals surface area contributed by atoms with Crippen LogP contribution in [-0.2, 0) is 0 Å². The van der Waals surface area contributed by atoms with Gasteiger partial charge in [0, 0.05) is 19.2 Å². The maximum atomic E-state index is 9.01. The number of aliphatic hydroxyl groups excluding tert-OH is 1. The standard InChI is InChI=1S/C12H26N2O/c1-2-7-13-12(6-10-15)11-14-8-4-3-5-9-14/h12-13,15H,2-11H2,1H3. The number of piperidine rings is 1. The SMILES string of the molecule is CCCNC(CCO)CN1CCCCC1. The van der Waals surface area contributed by atoms with Crippen molar-refractivity contribution in [3.05, 3.63) is 0 Å². The van der Waals surface area contributed by atoms with Crippen molar-refractivity contribution in [1.29, 1.82) is 0 Å². The van der Waals surface area contributed by atoms with Gasteiger partial charge in [0.15, 0.2) is 0 Å². The molecule has 15 heavy (non-hydrogen) atoms. The lowest BCUT2D eigenvalue weighted by molar-refractivity contribution is 0.184. The lowest BCUT2D eigenvalue weighted by Gasteiger charge is -2.30. The molecule has 1 saturated heterocycles. The molecule has 0 aromatic rings. The molecule has 3 nitrogen and oxygen atoms in total. The van der Waals surface area contributed by atoms with E-state index >= 15 is 0 Å². The van der Waals surface area contributed by atoms with Crippen LogP contribution in [0.3, 0.4) is 0 Å². The van der Waals surface area contributed by atoms with Crippen molar-refractivity contribution in [3.63, 3.8) is 0 Å². The van der Waals surface area contributed by atoms with Crippen molar-refractivity contribution >= 4 is 0 Å². The summed E-state index contributed by atoms with van der Waals surface area (Å²) in [5.41, 5.74) is 0. The van der Waals surface area contributed by atoms with Crippen molar-refractivity contribution in [2.75, 3.05) is 32.8 Å². The Morgan fingerprint density at radius 3 is 2.60 bits per heavy atom. The predicted octanol–water partition coefficient (Wildman–Crippen LogP) is 1.22. The molecule has 0 aromatic heterocycles. The fraction of sp³-hybridized carbons (Fsp3) is 1.00. The molecule has 1 atom stereocenters. The van der Waals surface area contributed by atoms with Gasteiger partial charge >= 0.3 is 0 Å². The van der Waals surface area contributed by atoms with E-state index in [-0.39, 0.29) is 0 Å². The van der Waals surface area contributed by atoms with Crippen molar-refractivity contribution in [2.45, 2.75) is 45.1 Å². The first kappa shape index (κ1) is 12.9. The van der Waals surface area contributed by atoms with Gasteiger partial charge in [-0.3, -0.25) is 0 Å². The monoisotopic (exact) mass is 214 g/mol. The molecule has 1 unspecified atom stereocenters. The summed E-state index contributed by atoms with van der Waals surface area (Å²) < 4.78 is 0. The quantitative estimate of drug-likeness (QED) is 0.669. The summed E-state index contributed by atoms with van der Waals surface area (Å²) in [6, 6.07) is 0.480. The zero-order valence-electron chi connectivity index (χ0n) is 10.0. The van der Waals surface area contributed by atoms with E-state index in [0.29, 0.717) is 12.6 Å². The second-order valence-corrected chi connectivity index (χ2v) is 4.52. The molecule has 1 heterocycles. The van der Waals surface area contributed by atoms with Crippen molar-refractivity contribution in [3.8, 4) is 0 Å². The summed E-state index contributed by atoms with van der Waals surface area (Å²) in [6.45, 7) is 7.16. The highest BCUT2D eigenvalue weighted by Crippen LogP contribution is 2.09. The van der Waals surface area contributed by atoms with Gasteiger partial charge in [0.25, 0.3) is 0 Å². The Bertz CT molecular complexity index is 147. The van der Waals surface area contributed by atoms with Crippen LogP contribution in [0.2, 0.25) is 0 Å². The molecule has 0 aromatic carbocycles. The highest BCUT2D eigenvalue weighted by atomic mass is 16.3. The second kappa shape index (κ2) is 8.08. The Morgan fingerprint density at radius 1 is 1.27 bits per heavy atom. The van der Waals surface area contributed by atoms with Crippen LogP contribution < -0.4 is 5.32 Å². The average molecular weight is 214 g/mol. The Labute approximate surface area is 93.9 Å². The van der Waals surface area contributed by atoms with Crippen LogP contribution in [0.5, 0.6) is 0 Å². The van der Waals surface area contributed by atoms with Crippen molar-refractivity contribution in [1.82, 2.24) is 10.2 Å². The molecule has 2 N–H and O–H groups in total. The number of aliphatic hydroxyl groups is 1. The molecule has 0 aliphatic carbocycles. The number of nitrogens with one attached hydrogen (secondary N) is 1. The van der Waals surface area contributed by atoms with Crippen LogP contribution in [0.4, 0.5) is 0 Å². The molecule has 0 saturated carbocycles. The summed E-state index contributed by atoms with van der Waals surface area (Å²) in [6.07, 6.45) is 6.14. The third-order valence-corrected chi connectivity index (χ3v) is 3.09. The minimum atomic E-state index is 0.301. The van der Waals surface area contributed by atoms with Crippen molar-refractivity contribution in [2.24, 2.45) is 0 Å². The van der Waals surface area contributed by atoms with E-state index in [2.05, 4.69) is 17.1 Å². The van der Waals surface area contributed by atoms with Crippen LogP contribution in [0, 0.1) is 0 Å². The minimum absolute atomic E-state index is 0.301. The van der Waals surface area contributed by atoms with Gasteiger partial charge < -0.3 is 15.3 Å². The van der Waals surface area contributed by atoms with Gasteiger partial charge in [0.05, 0.1) is 0 Å². The number of nitrogens with zero attached hydrogens (tertiary/aromatic N) is 1. The summed E-state index contributed by atoms with van der Waals surface area (Å²) in [5, 5.41) is 12.5. The lowest BCUT2D eigenvalue weighted by atomic mass is 10.1. The summed E-state index contributed by atoms with van der Waals surface area (Å²) in [4.78, 5) is 2.53. The van der Waals surface area contributed by atoms with Gasteiger partial charge in [-0.2, -0.15) is 0 Å². The fourth-order valence-corrected chi connectivity index (χ4v) is 2.22. The van der Waals surface area contributed by atoms with Crippen LogP contribution in [-0.4, -0.2) is 48.8 Å². The lowest BCUT2D eigenvalue weighted by Crippen LogP contribution is -2.43. The minimum Gasteiger partial charge on any atom is -0.396 e. The van der Waals surface area contributed by atoms with E-state index in [1.165, 1.54) is 38.8 Å². The molecule has 0 spiro atoms. The van der Waals surface area contributed by atoms with Gasteiger partial charge in [0.1, 0.15) is 0 Å². The first-order valence-corrected chi connectivity index (χ1v) is 6.43. The Kier molecular flexibility index (Phi) is 6.98. The van der Waals surface area contributed by atoms with Gasteiger partial charge in [-0.15, -0.1) is 0 Å². The normalized spacial score (nSPS) is 20.4. The average Bonchev–Trinajstić information content (AvgIpc) is 2.28. The zero-order valence-corrected chi connectivity index (χ0v) is 10.0. The molecule has 1 aliphatic rings. The van der Waals surface area contributed by atoms with E-state index in [1.54, 1.807) is 0 Å². The second-order valence-electron chi connectivity index (χ2n) is 4.52. The largest absolute Gasteiger partial charge is 0.396 e. The Hall–Kier alpha value is -0.120. The molecule has 0 amide bonds. The first-order valence-electron chi connectivity index (χ1n) is 6.43. The fourth-order valence-electron chi connectivity index (χ4n) is 2.22. The molecular weight excluding hydrogens is 188 g/mol. The molecule has 0 radical (unpaired) electrons. The Morgan fingerprint density at radius 2 is 2.00 bits per heavy atom. The summed E-state index contributed by atoms with van der Waals surface area (Å²) >= 11 is 0. The van der Waals surface area contributed by atoms with E-state index in [9.17, 15) is 0 Å². The molecule has 3 heteroatoms. The molecule has 1 rings (SSSR count). The number of rotatable bonds is 7. The van der Waals surface area contributed by atoms with Crippen LogP contribution >= 0.6 is 0 Å². The Balaban J connectivity index is 2.21. The van der Waals surface area contributed by atoms with E-state index < -0.39 is 0 Å². The van der Waals surface area contributed by atoms with Gasteiger partial charge in [-0.25, -0.2) is 0 Å². The maximum Gasteiger partial charge on any atom is 0.0446 e. The van der Waals surface area contributed by atoms with Gasteiger partial charge in [0.2, 0.25) is 0 Å². The molecule has 1 fully saturated rings. The molecular formula is C12H26N2O. The number of hydrogen-bond donors (Lipinski definition) is 2. The van der Waals surface area contributed by atoms with Crippen molar-refractivity contribution < 1.29 is 5.11 Å². The van der Waals surface area contributed by atoms with E-state index in [1.807, 2.05) is 0 Å². The third-order valence-electron chi connectivity index (χ3n) is 3.09. The van der Waals surface area contributed by atoms with Gasteiger partial charge in [-0.05, 0) is 45.3 Å². The van der Waals surface area contributed by atoms with E-state index in [0.717, 1.165) is 19.5 Å². The third kappa shape index (κ3) is 5.50. The van der Waals surface area contributed by atoms with Crippen LogP contribution in [0.15, 0.2) is 0 Å². The highest BCUT2D eigenvalue weighted by molar-refractivity contribution is 4.74. The zero-order chi connectivity index (χ0) is 10.9.